The number of carbonyl (C=O) groups is 1. The quantitative estimate of drug-likeness (QED) is 0.608. The van der Waals surface area contributed by atoms with Crippen LogP contribution in [0.2, 0.25) is 0 Å². The molecule has 2 aliphatic heterocycles. The van der Waals surface area contributed by atoms with Crippen molar-refractivity contribution in [2.24, 2.45) is 0 Å². The lowest BCUT2D eigenvalue weighted by atomic mass is 10.2. The lowest BCUT2D eigenvalue weighted by Gasteiger charge is -2.13. The van der Waals surface area contributed by atoms with E-state index in [0.29, 0.717) is 23.5 Å². The van der Waals surface area contributed by atoms with E-state index in [1.807, 2.05) is 6.92 Å². The minimum absolute atomic E-state index is 0.0270. The van der Waals surface area contributed by atoms with E-state index in [2.05, 4.69) is 17.2 Å². The molecule has 0 aliphatic carbocycles. The highest BCUT2D eigenvalue weighted by Crippen LogP contribution is 2.34. The van der Waals surface area contributed by atoms with Crippen molar-refractivity contribution in [1.82, 2.24) is 14.9 Å². The Morgan fingerprint density at radius 1 is 1.54 bits per heavy atom. The molecule has 0 spiro atoms. The van der Waals surface area contributed by atoms with Gasteiger partial charge in [0.05, 0.1) is 22.4 Å². The molecule has 24 heavy (non-hydrogen) atoms. The van der Waals surface area contributed by atoms with E-state index in [9.17, 15) is 9.59 Å². The van der Waals surface area contributed by atoms with Gasteiger partial charge < -0.3 is 10.1 Å². The maximum atomic E-state index is 12.6. The summed E-state index contributed by atoms with van der Waals surface area (Å²) in [6.45, 7) is 5.95. The van der Waals surface area contributed by atoms with E-state index >= 15 is 0 Å². The Balaban J connectivity index is 1.62. The molecule has 1 fully saturated rings. The Hall–Kier alpha value is -0.990. The zero-order chi connectivity index (χ0) is 17.1. The zero-order valence-electron chi connectivity index (χ0n) is 14.0. The lowest BCUT2D eigenvalue weighted by molar-refractivity contribution is -0.119. The standard InChI is InChI=1S/C16H23N3O3S2/c1-3-19-15(21)14-12(7-10(2)24-14)18-16(19)23-9-13(20)17-8-11-5-4-6-22-11/h10-11H,3-9H2,1-2H3,(H,17,20)/t10-,11+/m1/s1. The molecule has 1 amide bonds. The number of amides is 1. The van der Waals surface area contributed by atoms with E-state index in [4.69, 9.17) is 4.74 Å². The molecule has 3 heterocycles. The first-order chi connectivity index (χ1) is 11.6. The lowest BCUT2D eigenvalue weighted by Crippen LogP contribution is -2.33. The van der Waals surface area contributed by atoms with E-state index in [0.717, 1.165) is 36.5 Å². The summed E-state index contributed by atoms with van der Waals surface area (Å²) in [6, 6.07) is 0. The molecule has 0 bridgehead atoms. The van der Waals surface area contributed by atoms with Crippen molar-refractivity contribution in [3.05, 3.63) is 16.0 Å². The van der Waals surface area contributed by atoms with Gasteiger partial charge in [-0.25, -0.2) is 4.98 Å². The van der Waals surface area contributed by atoms with E-state index < -0.39 is 0 Å². The fourth-order valence-corrected chi connectivity index (χ4v) is 4.96. The van der Waals surface area contributed by atoms with Crippen LogP contribution in [0.1, 0.15) is 32.4 Å². The highest BCUT2D eigenvalue weighted by atomic mass is 32.2. The summed E-state index contributed by atoms with van der Waals surface area (Å²) in [5.74, 6) is 0.219. The Labute approximate surface area is 150 Å². The predicted molar refractivity (Wildman–Crippen MR) is 95.9 cm³/mol. The molecule has 2 atom stereocenters. The van der Waals surface area contributed by atoms with Gasteiger partial charge in [-0.15, -0.1) is 11.8 Å². The summed E-state index contributed by atoms with van der Waals surface area (Å²) in [5.41, 5.74) is 0.906. The second-order valence-electron chi connectivity index (χ2n) is 6.08. The van der Waals surface area contributed by atoms with Crippen LogP contribution in [0.15, 0.2) is 14.8 Å². The Bertz CT molecular complexity index is 671. The molecule has 2 aliphatic rings. The van der Waals surface area contributed by atoms with Crippen LogP contribution in [-0.2, 0) is 22.5 Å². The van der Waals surface area contributed by atoms with Gasteiger partial charge >= 0.3 is 0 Å². The number of thioether (sulfide) groups is 2. The van der Waals surface area contributed by atoms with Gasteiger partial charge in [0.2, 0.25) is 5.91 Å². The molecule has 6 nitrogen and oxygen atoms in total. The Morgan fingerprint density at radius 3 is 3.08 bits per heavy atom. The number of hydrogen-bond donors (Lipinski definition) is 1. The van der Waals surface area contributed by atoms with Crippen LogP contribution in [0.3, 0.4) is 0 Å². The van der Waals surface area contributed by atoms with Crippen molar-refractivity contribution < 1.29 is 9.53 Å². The minimum Gasteiger partial charge on any atom is -0.376 e. The van der Waals surface area contributed by atoms with Gasteiger partial charge in [-0.2, -0.15) is 0 Å². The van der Waals surface area contributed by atoms with Crippen LogP contribution in [0.25, 0.3) is 0 Å². The van der Waals surface area contributed by atoms with Gasteiger partial charge in [-0.1, -0.05) is 18.7 Å². The van der Waals surface area contributed by atoms with Crippen molar-refractivity contribution in [1.29, 1.82) is 0 Å². The molecular weight excluding hydrogens is 346 g/mol. The molecule has 1 aromatic heterocycles. The largest absolute Gasteiger partial charge is 0.376 e. The molecule has 1 N–H and O–H groups in total. The van der Waals surface area contributed by atoms with Gasteiger partial charge in [0.25, 0.3) is 5.56 Å². The first-order valence-corrected chi connectivity index (χ1v) is 10.3. The molecular formula is C16H23N3O3S2. The summed E-state index contributed by atoms with van der Waals surface area (Å²) in [5, 5.41) is 3.93. The normalized spacial score (nSPS) is 22.6. The SMILES string of the molecule is CCn1c(SCC(=O)NC[C@@H]2CCCO2)nc2c(c1=O)S[C@H](C)C2. The summed E-state index contributed by atoms with van der Waals surface area (Å²) in [6.07, 6.45) is 3.03. The average Bonchev–Trinajstić information content (AvgIpc) is 3.20. The maximum Gasteiger partial charge on any atom is 0.268 e. The summed E-state index contributed by atoms with van der Waals surface area (Å²) < 4.78 is 7.17. The summed E-state index contributed by atoms with van der Waals surface area (Å²) in [7, 11) is 0. The molecule has 1 saturated heterocycles. The number of ether oxygens (including phenoxy) is 1. The Morgan fingerprint density at radius 2 is 2.38 bits per heavy atom. The third-order valence-electron chi connectivity index (χ3n) is 4.16. The van der Waals surface area contributed by atoms with Crippen molar-refractivity contribution in [2.45, 2.75) is 61.1 Å². The maximum absolute atomic E-state index is 12.6. The Kier molecular flexibility index (Phi) is 5.89. The first kappa shape index (κ1) is 17.8. The topological polar surface area (TPSA) is 73.2 Å². The van der Waals surface area contributed by atoms with E-state index in [1.54, 1.807) is 16.3 Å². The van der Waals surface area contributed by atoms with Gasteiger partial charge in [-0.3, -0.25) is 14.2 Å². The number of nitrogens with one attached hydrogen (secondary N) is 1. The number of rotatable bonds is 6. The van der Waals surface area contributed by atoms with Crippen molar-refractivity contribution in [3.8, 4) is 0 Å². The first-order valence-electron chi connectivity index (χ1n) is 8.40. The van der Waals surface area contributed by atoms with Crippen LogP contribution >= 0.6 is 23.5 Å². The van der Waals surface area contributed by atoms with Crippen LogP contribution in [0.5, 0.6) is 0 Å². The summed E-state index contributed by atoms with van der Waals surface area (Å²) in [4.78, 5) is 30.0. The number of fused-ring (bicyclic) bond motifs is 1. The van der Waals surface area contributed by atoms with Crippen LogP contribution in [0, 0.1) is 0 Å². The van der Waals surface area contributed by atoms with Crippen LogP contribution in [-0.4, -0.2) is 45.7 Å². The fourth-order valence-electron chi connectivity index (χ4n) is 2.93. The molecule has 0 aromatic carbocycles. The number of hydrogen-bond acceptors (Lipinski definition) is 6. The molecule has 0 radical (unpaired) electrons. The average molecular weight is 370 g/mol. The van der Waals surface area contributed by atoms with Crippen molar-refractivity contribution in [3.63, 3.8) is 0 Å². The number of aromatic nitrogens is 2. The third kappa shape index (κ3) is 3.97. The number of nitrogens with zero attached hydrogens (tertiary/aromatic N) is 2. The van der Waals surface area contributed by atoms with Gasteiger partial charge in [-0.05, 0) is 19.8 Å². The second kappa shape index (κ2) is 7.93. The zero-order valence-corrected chi connectivity index (χ0v) is 15.7. The van der Waals surface area contributed by atoms with Crippen LogP contribution < -0.4 is 10.9 Å². The molecule has 1 aromatic rings. The number of carbonyl (C=O) groups excluding carboxylic acids is 1. The third-order valence-corrected chi connectivity index (χ3v) is 6.35. The van der Waals surface area contributed by atoms with Crippen molar-refractivity contribution in [2.75, 3.05) is 18.9 Å². The van der Waals surface area contributed by atoms with Crippen LogP contribution in [0.4, 0.5) is 0 Å². The fraction of sp³-hybridized carbons (Fsp3) is 0.688. The minimum atomic E-state index is -0.0457. The van der Waals surface area contributed by atoms with Gasteiger partial charge in [0.15, 0.2) is 5.16 Å². The molecule has 8 heteroatoms. The van der Waals surface area contributed by atoms with E-state index in [1.165, 1.54) is 11.8 Å². The summed E-state index contributed by atoms with van der Waals surface area (Å²) >= 11 is 2.94. The molecule has 0 saturated carbocycles. The highest BCUT2D eigenvalue weighted by Gasteiger charge is 2.26. The van der Waals surface area contributed by atoms with Crippen molar-refractivity contribution >= 4 is 29.4 Å². The highest BCUT2D eigenvalue weighted by molar-refractivity contribution is 8.00. The molecule has 0 unspecified atom stereocenters. The smallest absolute Gasteiger partial charge is 0.268 e. The van der Waals surface area contributed by atoms with Gasteiger partial charge in [0.1, 0.15) is 0 Å². The predicted octanol–water partition coefficient (Wildman–Crippen LogP) is 1.69. The molecule has 3 rings (SSSR count). The van der Waals surface area contributed by atoms with E-state index in [-0.39, 0.29) is 23.3 Å². The molecule has 132 valence electrons. The van der Waals surface area contributed by atoms with Gasteiger partial charge in [0, 0.05) is 31.4 Å². The monoisotopic (exact) mass is 369 g/mol. The second-order valence-corrected chi connectivity index (χ2v) is 8.47.